The highest BCUT2D eigenvalue weighted by Gasteiger charge is 2.28. The molecule has 5 aromatic heterocycles. The van der Waals surface area contributed by atoms with Gasteiger partial charge in [0, 0.05) is 115 Å². The number of rotatable bonds is 20. The van der Waals surface area contributed by atoms with E-state index >= 15 is 0 Å². The van der Waals surface area contributed by atoms with Crippen LogP contribution in [0.3, 0.4) is 0 Å². The van der Waals surface area contributed by atoms with E-state index in [0.29, 0.717) is 30.2 Å². The quantitative estimate of drug-likeness (QED) is 0.0504. The van der Waals surface area contributed by atoms with Crippen LogP contribution in [0.4, 0.5) is 37.2 Å². The zero-order valence-electron chi connectivity index (χ0n) is 69.5. The van der Waals surface area contributed by atoms with Gasteiger partial charge in [-0.2, -0.15) is 5.26 Å². The van der Waals surface area contributed by atoms with Gasteiger partial charge in [0.15, 0.2) is 0 Å². The monoisotopic (exact) mass is 1700 g/mol. The molecule has 20 rings (SSSR count). The number of nitrogens with one attached hydrogen (secondary N) is 5. The maximum Gasteiger partial charge on any atom is 0.123 e. The topological polar surface area (TPSA) is 100 Å². The molecule has 11 nitrogen and oxygen atoms in total. The molecule has 18 heteroatoms. The Morgan fingerprint density at radius 2 is 0.612 bits per heavy atom. The van der Waals surface area contributed by atoms with E-state index in [1.165, 1.54) is 138 Å². The van der Waals surface area contributed by atoms with E-state index in [9.17, 15) is 14.0 Å². The van der Waals surface area contributed by atoms with Crippen LogP contribution >= 0.6 is 56.7 Å². The lowest BCUT2D eigenvalue weighted by Crippen LogP contribution is -2.43. The van der Waals surface area contributed by atoms with E-state index in [2.05, 4.69) is 274 Å². The SMILES string of the molecule is Cc1cccc(CN(c2ccc3sccc3c2)C2CCNCC2)c1.Cc1ccccc1CN(c1ccc2sccc2c1)C1CCNCC1.Fc1ccc(CN(c2ccc3sccc3c2)C2CCNCC2)cc1.Fc1cccc(CN(c2ccc3sccc3c2)C2CCNCC2)c1.N#Cc1cccc(CN(c2ccc3sccc3c2)C2CCNCC2)c1. The molecule has 0 unspecified atom stereocenters. The van der Waals surface area contributed by atoms with Gasteiger partial charge in [0.25, 0.3) is 0 Å². The summed E-state index contributed by atoms with van der Waals surface area (Å²) in [6.45, 7) is 19.6. The molecule has 5 N–H and O–H groups in total. The lowest BCUT2D eigenvalue weighted by molar-refractivity contribution is 0.428. The molecule has 10 aromatic carbocycles. The summed E-state index contributed by atoms with van der Waals surface area (Å²) < 4.78 is 33.5. The highest BCUT2D eigenvalue weighted by atomic mass is 32.1. The smallest absolute Gasteiger partial charge is 0.123 e. The highest BCUT2D eigenvalue weighted by Crippen LogP contribution is 2.37. The third kappa shape index (κ3) is 22.7. The Bertz CT molecular complexity index is 5680. The van der Waals surface area contributed by atoms with Crippen molar-refractivity contribution in [3.63, 3.8) is 0 Å². The largest absolute Gasteiger partial charge is 0.364 e. The van der Waals surface area contributed by atoms with Crippen molar-refractivity contribution in [3.05, 3.63) is 326 Å². The first kappa shape index (κ1) is 84.7. The Labute approximate surface area is 733 Å². The van der Waals surface area contributed by atoms with Crippen molar-refractivity contribution in [2.45, 2.75) is 141 Å². The van der Waals surface area contributed by atoms with Gasteiger partial charge >= 0.3 is 0 Å². The molecule has 10 heterocycles. The number of nitrogens with zero attached hydrogens (tertiary/aromatic N) is 6. The van der Waals surface area contributed by atoms with Gasteiger partial charge in [-0.15, -0.1) is 56.7 Å². The van der Waals surface area contributed by atoms with Gasteiger partial charge in [0.05, 0.1) is 11.6 Å². The number of aryl methyl sites for hydroxylation is 2. The first-order valence-electron chi connectivity index (χ1n) is 43.3. The van der Waals surface area contributed by atoms with Gasteiger partial charge in [0.2, 0.25) is 0 Å². The summed E-state index contributed by atoms with van der Waals surface area (Å²) in [7, 11) is 0. The minimum absolute atomic E-state index is 0.161. The Balaban J connectivity index is 0.000000112. The number of fused-ring (bicyclic) bond motifs is 5. The molecular formula is C103H111F2N11S5. The number of benzene rings is 10. The molecule has 5 aliphatic heterocycles. The summed E-state index contributed by atoms with van der Waals surface area (Å²) in [5, 5.41) is 43.9. The average Bonchev–Trinajstić information content (AvgIpc) is 1.81. The number of halogens is 2. The second-order valence-corrected chi connectivity index (χ2v) is 37.5. The van der Waals surface area contributed by atoms with Crippen LogP contribution in [0.1, 0.15) is 109 Å². The van der Waals surface area contributed by atoms with Crippen molar-refractivity contribution in [1.82, 2.24) is 26.6 Å². The molecular weight excluding hydrogens is 1590 g/mol. The summed E-state index contributed by atoms with van der Waals surface area (Å²) in [4.78, 5) is 12.7. The first-order chi connectivity index (χ1) is 59.5. The molecule has 0 amide bonds. The summed E-state index contributed by atoms with van der Waals surface area (Å²) in [6, 6.07) is 89.7. The maximum absolute atomic E-state index is 13.6. The normalized spacial score (nSPS) is 15.6. The van der Waals surface area contributed by atoms with Crippen molar-refractivity contribution in [2.75, 3.05) is 89.9 Å². The number of piperidine rings is 5. The number of thiophene rings is 5. The van der Waals surface area contributed by atoms with Crippen molar-refractivity contribution >= 4 is 136 Å². The van der Waals surface area contributed by atoms with E-state index in [0.717, 1.165) is 153 Å². The molecule has 622 valence electrons. The van der Waals surface area contributed by atoms with E-state index in [4.69, 9.17) is 0 Å². The molecule has 15 aromatic rings. The Morgan fingerprint density at radius 1 is 0.298 bits per heavy atom. The predicted octanol–water partition coefficient (Wildman–Crippen LogP) is 24.1. The van der Waals surface area contributed by atoms with Gasteiger partial charge < -0.3 is 51.1 Å². The van der Waals surface area contributed by atoms with Crippen molar-refractivity contribution in [2.24, 2.45) is 0 Å². The Hall–Kier alpha value is -9.85. The second-order valence-electron chi connectivity index (χ2n) is 32.7. The fourth-order valence-corrected chi connectivity index (χ4v) is 21.8. The molecule has 0 aliphatic carbocycles. The molecule has 0 spiro atoms. The van der Waals surface area contributed by atoms with Gasteiger partial charge in [-0.25, -0.2) is 8.78 Å². The van der Waals surface area contributed by atoms with E-state index < -0.39 is 0 Å². The predicted molar refractivity (Wildman–Crippen MR) is 516 cm³/mol. The molecule has 5 saturated heterocycles. The van der Waals surface area contributed by atoms with Gasteiger partial charge in [-0.05, 0) is 388 Å². The number of nitriles is 1. The average molecular weight is 1700 g/mol. The Kier molecular flexibility index (Phi) is 29.6. The third-order valence-electron chi connectivity index (χ3n) is 24.5. The van der Waals surface area contributed by atoms with Crippen LogP contribution in [0, 0.1) is 36.8 Å². The molecule has 0 radical (unpaired) electrons. The van der Waals surface area contributed by atoms with Gasteiger partial charge in [0.1, 0.15) is 11.6 Å². The summed E-state index contributed by atoms with van der Waals surface area (Å²) in [5.41, 5.74) is 16.2. The zero-order chi connectivity index (χ0) is 82.5. The van der Waals surface area contributed by atoms with Crippen LogP contribution in [0.2, 0.25) is 0 Å². The van der Waals surface area contributed by atoms with Gasteiger partial charge in [-0.1, -0.05) is 90.5 Å². The standard InChI is InChI=1S/C21H21N3S.2C21H24N2S.2C20H21FN2S/c22-14-16-2-1-3-17(12-16)15-24(19-6-9-23-10-7-19)20-4-5-21-18(13-20)8-11-25-21;1-16-3-2-4-17(13-16)15-23(19-7-10-22-11-8-19)20-5-6-21-18(14-20)9-12-24-21;1-16-4-2-3-5-18(16)15-23(19-8-11-22-12-9-19)20-6-7-21-17(14-20)10-13-24-21;21-17-3-1-15(2-4-17)14-23(18-7-10-22-11-8-18)19-5-6-20-16(13-19)9-12-24-20;21-17-3-1-2-15(12-17)14-23(18-6-9-22-10-7-18)19-4-5-20-16(13-19)8-11-24-20/h1-5,8,11-13,19,23H,6-7,9-10,15H2;2-6,9,12-14,19,22H,7-8,10-11,15H2,1H3;2-7,10,13-14,19,22H,8-9,11-12,15H2,1H3;1-6,9,12-13,18,22H,7-8,10-11,14H2;1-5,8,11-13,18,22H,6-7,9-10,14H2. The van der Waals surface area contributed by atoms with E-state index in [1.54, 1.807) is 58.3 Å². The lowest BCUT2D eigenvalue weighted by Gasteiger charge is -2.37. The molecule has 0 saturated carbocycles. The summed E-state index contributed by atoms with van der Waals surface area (Å²) >= 11 is 8.98. The maximum atomic E-state index is 13.6. The zero-order valence-corrected chi connectivity index (χ0v) is 73.6. The molecule has 5 fully saturated rings. The number of hydrogen-bond acceptors (Lipinski definition) is 16. The third-order valence-corrected chi connectivity index (χ3v) is 29.0. The molecule has 121 heavy (non-hydrogen) atoms. The molecule has 0 bridgehead atoms. The van der Waals surface area contributed by atoms with Crippen LogP contribution in [0.25, 0.3) is 50.4 Å². The van der Waals surface area contributed by atoms with Crippen molar-refractivity contribution < 1.29 is 8.78 Å². The lowest BCUT2D eigenvalue weighted by atomic mass is 10.0. The van der Waals surface area contributed by atoms with Crippen LogP contribution in [0.5, 0.6) is 0 Å². The second kappa shape index (κ2) is 42.3. The molecule has 5 aliphatic rings. The fourth-order valence-electron chi connectivity index (χ4n) is 17.9. The number of anilines is 5. The summed E-state index contributed by atoms with van der Waals surface area (Å²) in [5.74, 6) is -0.335. The van der Waals surface area contributed by atoms with Crippen LogP contribution in [-0.2, 0) is 32.7 Å². The molecule has 0 atom stereocenters. The highest BCUT2D eigenvalue weighted by molar-refractivity contribution is 7.18. The fraction of sp³-hybridized carbons (Fsp3) is 0.311. The van der Waals surface area contributed by atoms with Crippen molar-refractivity contribution in [3.8, 4) is 6.07 Å². The minimum Gasteiger partial charge on any atom is -0.364 e. The van der Waals surface area contributed by atoms with Crippen LogP contribution in [0.15, 0.2) is 270 Å². The summed E-state index contributed by atoms with van der Waals surface area (Å²) in [6.07, 6.45) is 11.7. The number of hydrogen-bond donors (Lipinski definition) is 5. The van der Waals surface area contributed by atoms with E-state index in [1.807, 2.05) is 59.1 Å². The minimum atomic E-state index is -0.174. The van der Waals surface area contributed by atoms with Crippen molar-refractivity contribution in [1.29, 1.82) is 5.26 Å². The van der Waals surface area contributed by atoms with E-state index in [-0.39, 0.29) is 11.6 Å². The van der Waals surface area contributed by atoms with Gasteiger partial charge in [-0.3, -0.25) is 0 Å². The Morgan fingerprint density at radius 3 is 0.950 bits per heavy atom. The van der Waals surface area contributed by atoms with Crippen LogP contribution in [-0.4, -0.2) is 95.7 Å². The van der Waals surface area contributed by atoms with Crippen LogP contribution < -0.4 is 51.1 Å². The first-order valence-corrected chi connectivity index (χ1v) is 47.7.